The van der Waals surface area contributed by atoms with Gasteiger partial charge in [0.25, 0.3) is 0 Å². The molecule has 2 aromatic rings. The summed E-state index contributed by atoms with van der Waals surface area (Å²) in [5, 5.41) is 9.01. The lowest BCUT2D eigenvalue weighted by Crippen LogP contribution is -1.94. The number of carboxylic acids is 1. The molecule has 0 amide bonds. The van der Waals surface area contributed by atoms with E-state index in [4.69, 9.17) is 9.84 Å². The quantitative estimate of drug-likeness (QED) is 0.795. The average molecular weight is 374 g/mol. The number of aromatic nitrogens is 1. The Bertz CT molecular complexity index is 643. The van der Waals surface area contributed by atoms with Crippen LogP contribution in [0.1, 0.15) is 20.9 Å². The van der Waals surface area contributed by atoms with Crippen LogP contribution in [0.4, 0.5) is 0 Å². The molecular weight excluding hydrogens is 362 g/mol. The molecule has 106 valence electrons. The zero-order valence-electron chi connectivity index (χ0n) is 10.8. The van der Waals surface area contributed by atoms with Crippen molar-refractivity contribution in [3.63, 3.8) is 0 Å². The largest absolute Gasteiger partial charge is 0.497 e. The van der Waals surface area contributed by atoms with Crippen LogP contribution in [0.5, 0.6) is 5.75 Å². The third-order valence-corrected chi connectivity index (χ3v) is 5.69. The van der Waals surface area contributed by atoms with Crippen LogP contribution < -0.4 is 4.74 Å². The number of thiazole rings is 1. The van der Waals surface area contributed by atoms with E-state index in [1.54, 1.807) is 14.0 Å². The molecule has 2 rings (SSSR count). The number of aryl methyl sites for hydroxylation is 1. The van der Waals surface area contributed by atoms with Crippen molar-refractivity contribution in [2.24, 2.45) is 0 Å². The fourth-order valence-electron chi connectivity index (χ4n) is 1.56. The lowest BCUT2D eigenvalue weighted by Gasteiger charge is -2.06. The number of rotatable bonds is 5. The van der Waals surface area contributed by atoms with Crippen LogP contribution in [0.15, 0.2) is 27.0 Å². The Morgan fingerprint density at radius 3 is 2.90 bits per heavy atom. The Hall–Kier alpha value is -1.05. The minimum atomic E-state index is -0.922. The van der Waals surface area contributed by atoms with Crippen LogP contribution in [0, 0.1) is 6.92 Å². The smallest absolute Gasteiger partial charge is 0.347 e. The third kappa shape index (κ3) is 3.53. The first kappa shape index (κ1) is 15.3. The number of hydrogen-bond donors (Lipinski definition) is 1. The molecule has 7 heteroatoms. The van der Waals surface area contributed by atoms with Crippen molar-refractivity contribution in [1.82, 2.24) is 4.98 Å². The summed E-state index contributed by atoms with van der Waals surface area (Å²) in [5.74, 6) is 0.573. The number of hydrogen-bond acceptors (Lipinski definition) is 5. The van der Waals surface area contributed by atoms with Gasteiger partial charge >= 0.3 is 5.97 Å². The van der Waals surface area contributed by atoms with Crippen LogP contribution in [0.3, 0.4) is 0 Å². The van der Waals surface area contributed by atoms with E-state index in [0.29, 0.717) is 16.3 Å². The fraction of sp³-hybridized carbons (Fsp3) is 0.231. The highest BCUT2D eigenvalue weighted by Crippen LogP contribution is 2.32. The number of ether oxygens (including phenoxy) is 1. The molecule has 0 bridgehead atoms. The molecule has 0 aliphatic carbocycles. The molecule has 0 atom stereocenters. The summed E-state index contributed by atoms with van der Waals surface area (Å²) in [6, 6.07) is 5.77. The average Bonchev–Trinajstić information content (AvgIpc) is 2.79. The van der Waals surface area contributed by atoms with Gasteiger partial charge in [0.1, 0.15) is 10.6 Å². The second kappa shape index (κ2) is 6.60. The highest BCUT2D eigenvalue weighted by molar-refractivity contribution is 9.10. The van der Waals surface area contributed by atoms with E-state index in [1.807, 2.05) is 18.2 Å². The van der Waals surface area contributed by atoms with E-state index in [-0.39, 0.29) is 0 Å². The number of nitrogens with zero attached hydrogens (tertiary/aromatic N) is 1. The lowest BCUT2D eigenvalue weighted by molar-refractivity contribution is 0.0701. The van der Waals surface area contributed by atoms with Gasteiger partial charge in [-0.1, -0.05) is 27.7 Å². The van der Waals surface area contributed by atoms with Crippen LogP contribution in [-0.2, 0) is 5.75 Å². The first-order valence-electron chi connectivity index (χ1n) is 5.67. The van der Waals surface area contributed by atoms with E-state index in [0.717, 1.165) is 20.1 Å². The molecule has 0 aliphatic heterocycles. The first-order valence-corrected chi connectivity index (χ1v) is 8.26. The maximum absolute atomic E-state index is 11.0. The van der Waals surface area contributed by atoms with Crippen molar-refractivity contribution in [2.45, 2.75) is 17.0 Å². The number of carbonyl (C=O) groups is 1. The molecular formula is C13H12BrNO3S2. The van der Waals surface area contributed by atoms with Gasteiger partial charge in [-0.3, -0.25) is 0 Å². The Balaban J connectivity index is 2.12. The topological polar surface area (TPSA) is 59.4 Å². The van der Waals surface area contributed by atoms with Gasteiger partial charge in [-0.05, 0) is 30.7 Å². The zero-order valence-corrected chi connectivity index (χ0v) is 14.1. The number of halogens is 1. The highest BCUT2D eigenvalue weighted by atomic mass is 79.9. The van der Waals surface area contributed by atoms with Crippen LogP contribution in [0.2, 0.25) is 0 Å². The van der Waals surface area contributed by atoms with E-state index in [1.165, 1.54) is 23.1 Å². The van der Waals surface area contributed by atoms with Gasteiger partial charge < -0.3 is 9.84 Å². The highest BCUT2D eigenvalue weighted by Gasteiger charge is 2.14. The summed E-state index contributed by atoms with van der Waals surface area (Å²) >= 11 is 6.22. The number of thioether (sulfide) groups is 1. The van der Waals surface area contributed by atoms with Gasteiger partial charge in [-0.2, -0.15) is 0 Å². The van der Waals surface area contributed by atoms with Gasteiger partial charge in [-0.25, -0.2) is 9.78 Å². The normalized spacial score (nSPS) is 10.6. The molecule has 0 saturated carbocycles. The molecule has 0 fully saturated rings. The molecule has 0 saturated heterocycles. The summed E-state index contributed by atoms with van der Waals surface area (Å²) in [6.07, 6.45) is 0. The second-order valence-electron chi connectivity index (χ2n) is 3.95. The van der Waals surface area contributed by atoms with E-state index < -0.39 is 5.97 Å². The fourth-order valence-corrected chi connectivity index (χ4v) is 4.15. The molecule has 0 aliphatic rings. The molecule has 1 N–H and O–H groups in total. The molecule has 1 heterocycles. The minimum Gasteiger partial charge on any atom is -0.497 e. The maximum Gasteiger partial charge on any atom is 0.347 e. The molecule has 0 spiro atoms. The standard InChI is InChI=1S/C13H12BrNO3S2/c1-7-11(12(16)17)20-13(15-7)19-6-8-5-9(18-2)3-4-10(8)14/h3-5H,6H2,1-2H3,(H,16,17). The van der Waals surface area contributed by atoms with Gasteiger partial charge in [0.15, 0.2) is 4.34 Å². The van der Waals surface area contributed by atoms with Crippen molar-refractivity contribution in [2.75, 3.05) is 7.11 Å². The SMILES string of the molecule is COc1ccc(Br)c(CSc2nc(C)c(C(=O)O)s2)c1. The Labute approximate surface area is 133 Å². The molecule has 4 nitrogen and oxygen atoms in total. The summed E-state index contributed by atoms with van der Waals surface area (Å²) in [4.78, 5) is 15.6. The molecule has 1 aromatic heterocycles. The molecule has 20 heavy (non-hydrogen) atoms. The second-order valence-corrected chi connectivity index (χ2v) is 7.02. The van der Waals surface area contributed by atoms with E-state index in [9.17, 15) is 4.79 Å². The molecule has 1 aromatic carbocycles. The predicted molar refractivity (Wildman–Crippen MR) is 84.1 cm³/mol. The van der Waals surface area contributed by atoms with Crippen LogP contribution in [0.25, 0.3) is 0 Å². The third-order valence-electron chi connectivity index (χ3n) is 2.58. The van der Waals surface area contributed by atoms with Crippen molar-refractivity contribution < 1.29 is 14.6 Å². The monoisotopic (exact) mass is 373 g/mol. The summed E-state index contributed by atoms with van der Waals surface area (Å²) in [5.41, 5.74) is 1.65. The minimum absolute atomic E-state index is 0.303. The zero-order chi connectivity index (χ0) is 14.7. The summed E-state index contributed by atoms with van der Waals surface area (Å²) in [7, 11) is 1.63. The van der Waals surface area contributed by atoms with Gasteiger partial charge in [0.2, 0.25) is 0 Å². The van der Waals surface area contributed by atoms with Crippen molar-refractivity contribution in [3.8, 4) is 5.75 Å². The number of aromatic carboxylic acids is 1. The number of benzene rings is 1. The van der Waals surface area contributed by atoms with Gasteiger partial charge in [-0.15, -0.1) is 11.3 Å². The van der Waals surface area contributed by atoms with Gasteiger partial charge in [0.05, 0.1) is 12.8 Å². The number of carboxylic acid groups (broad SMARTS) is 1. The van der Waals surface area contributed by atoms with Crippen LogP contribution in [-0.4, -0.2) is 23.2 Å². The first-order chi connectivity index (χ1) is 9.51. The molecule has 0 unspecified atom stereocenters. The van der Waals surface area contributed by atoms with Crippen molar-refractivity contribution in [1.29, 1.82) is 0 Å². The lowest BCUT2D eigenvalue weighted by atomic mass is 10.2. The van der Waals surface area contributed by atoms with Gasteiger partial charge in [0, 0.05) is 10.2 Å². The van der Waals surface area contributed by atoms with Crippen molar-refractivity contribution >= 4 is 45.0 Å². The Morgan fingerprint density at radius 1 is 1.55 bits per heavy atom. The van der Waals surface area contributed by atoms with Crippen molar-refractivity contribution in [3.05, 3.63) is 38.8 Å². The van der Waals surface area contributed by atoms with E-state index in [2.05, 4.69) is 20.9 Å². The maximum atomic E-state index is 11.0. The summed E-state index contributed by atoms with van der Waals surface area (Å²) in [6.45, 7) is 1.71. The number of methoxy groups -OCH3 is 1. The van der Waals surface area contributed by atoms with Crippen LogP contribution >= 0.6 is 39.0 Å². The predicted octanol–water partition coefficient (Wildman–Crippen LogP) is 4.21. The Morgan fingerprint density at radius 2 is 2.30 bits per heavy atom. The molecule has 0 radical (unpaired) electrons. The summed E-state index contributed by atoms with van der Waals surface area (Å²) < 4.78 is 6.95. The Kier molecular flexibility index (Phi) is 5.06. The van der Waals surface area contributed by atoms with E-state index >= 15 is 0 Å².